The Morgan fingerprint density at radius 1 is 0.769 bits per heavy atom. The van der Waals surface area contributed by atoms with Crippen molar-refractivity contribution in [3.8, 4) is 0 Å². The van der Waals surface area contributed by atoms with Crippen LogP contribution in [0, 0.1) is 16.7 Å². The summed E-state index contributed by atoms with van der Waals surface area (Å²) < 4.78 is 0. The van der Waals surface area contributed by atoms with Crippen LogP contribution < -0.4 is 0 Å². The molecule has 0 aromatic carbocycles. The third-order valence-electron chi connectivity index (χ3n) is 7.59. The highest BCUT2D eigenvalue weighted by molar-refractivity contribution is 4.97. The van der Waals surface area contributed by atoms with Gasteiger partial charge in [0, 0.05) is 38.8 Å². The standard InChI is InChI=1S/C23H45N3/c1-20(2)18-23(6-7-23)19-25-12-9-22(5,10-13-25)8-11-24-14-16-26(17-15-24)21(3)4/h20-21H,6-19H2,1-5H3. The lowest BCUT2D eigenvalue weighted by molar-refractivity contribution is 0.0635. The van der Waals surface area contributed by atoms with Crippen LogP contribution in [0.4, 0.5) is 0 Å². The molecule has 0 atom stereocenters. The third kappa shape index (κ3) is 5.69. The van der Waals surface area contributed by atoms with Crippen molar-refractivity contribution in [2.75, 3.05) is 52.4 Å². The first kappa shape index (κ1) is 20.6. The van der Waals surface area contributed by atoms with Crippen LogP contribution in [-0.2, 0) is 0 Å². The molecule has 1 saturated carbocycles. The first-order chi connectivity index (χ1) is 12.3. The molecular formula is C23H45N3. The Hall–Kier alpha value is -0.120. The van der Waals surface area contributed by atoms with Crippen molar-refractivity contribution in [1.29, 1.82) is 0 Å². The highest BCUT2D eigenvalue weighted by atomic mass is 15.3. The summed E-state index contributed by atoms with van der Waals surface area (Å²) in [5, 5.41) is 0. The maximum atomic E-state index is 2.80. The van der Waals surface area contributed by atoms with E-state index in [1.54, 1.807) is 0 Å². The predicted molar refractivity (Wildman–Crippen MR) is 113 cm³/mol. The highest BCUT2D eigenvalue weighted by Crippen LogP contribution is 2.51. The van der Waals surface area contributed by atoms with Crippen molar-refractivity contribution in [1.82, 2.24) is 14.7 Å². The quantitative estimate of drug-likeness (QED) is 0.635. The summed E-state index contributed by atoms with van der Waals surface area (Å²) in [5.41, 5.74) is 1.29. The average Bonchev–Trinajstić information content (AvgIpc) is 3.34. The van der Waals surface area contributed by atoms with Crippen LogP contribution in [0.25, 0.3) is 0 Å². The van der Waals surface area contributed by atoms with Crippen LogP contribution in [0.5, 0.6) is 0 Å². The van der Waals surface area contributed by atoms with E-state index in [0.29, 0.717) is 16.9 Å². The largest absolute Gasteiger partial charge is 0.303 e. The van der Waals surface area contributed by atoms with Gasteiger partial charge in [0.05, 0.1) is 0 Å². The zero-order chi connectivity index (χ0) is 18.8. The number of piperazine rings is 1. The molecule has 0 amide bonds. The number of piperidine rings is 1. The lowest BCUT2D eigenvalue weighted by Crippen LogP contribution is -2.50. The first-order valence-electron chi connectivity index (χ1n) is 11.5. The molecule has 2 saturated heterocycles. The summed E-state index contributed by atoms with van der Waals surface area (Å²) >= 11 is 0. The second-order valence-corrected chi connectivity index (χ2v) is 10.9. The van der Waals surface area contributed by atoms with Crippen molar-refractivity contribution in [3.63, 3.8) is 0 Å². The van der Waals surface area contributed by atoms with E-state index in [-0.39, 0.29) is 0 Å². The van der Waals surface area contributed by atoms with Gasteiger partial charge in [-0.05, 0) is 88.8 Å². The Bertz CT molecular complexity index is 425. The fourth-order valence-corrected chi connectivity index (χ4v) is 5.38. The normalized spacial score (nSPS) is 27.3. The Kier molecular flexibility index (Phi) is 6.73. The van der Waals surface area contributed by atoms with Gasteiger partial charge < -0.3 is 9.80 Å². The molecule has 0 N–H and O–H groups in total. The van der Waals surface area contributed by atoms with Crippen LogP contribution in [0.1, 0.15) is 73.1 Å². The minimum atomic E-state index is 0.584. The van der Waals surface area contributed by atoms with E-state index in [4.69, 9.17) is 0 Å². The van der Waals surface area contributed by atoms with E-state index < -0.39 is 0 Å². The zero-order valence-electron chi connectivity index (χ0n) is 18.4. The van der Waals surface area contributed by atoms with Gasteiger partial charge in [0.25, 0.3) is 0 Å². The zero-order valence-corrected chi connectivity index (χ0v) is 18.4. The molecule has 3 fully saturated rings. The molecule has 2 aliphatic heterocycles. The Morgan fingerprint density at radius 3 is 1.88 bits per heavy atom. The highest BCUT2D eigenvalue weighted by Gasteiger charge is 2.44. The number of nitrogens with zero attached hydrogens (tertiary/aromatic N) is 3. The Labute approximate surface area is 163 Å². The monoisotopic (exact) mass is 363 g/mol. The molecule has 3 aliphatic rings. The van der Waals surface area contributed by atoms with Crippen LogP contribution in [0.2, 0.25) is 0 Å². The van der Waals surface area contributed by atoms with Gasteiger partial charge >= 0.3 is 0 Å². The van der Waals surface area contributed by atoms with Crippen molar-refractivity contribution in [2.45, 2.75) is 79.2 Å². The number of likely N-dealkylation sites (tertiary alicyclic amines) is 1. The lowest BCUT2D eigenvalue weighted by atomic mass is 9.77. The molecule has 0 radical (unpaired) electrons. The minimum Gasteiger partial charge on any atom is -0.303 e. The van der Waals surface area contributed by atoms with Crippen molar-refractivity contribution in [3.05, 3.63) is 0 Å². The molecule has 3 heteroatoms. The molecule has 2 heterocycles. The second-order valence-electron chi connectivity index (χ2n) is 10.9. The Morgan fingerprint density at radius 2 is 1.38 bits per heavy atom. The maximum absolute atomic E-state index is 2.80. The summed E-state index contributed by atoms with van der Waals surface area (Å²) in [5.74, 6) is 0.865. The van der Waals surface area contributed by atoms with Crippen LogP contribution in [0.15, 0.2) is 0 Å². The van der Waals surface area contributed by atoms with Gasteiger partial charge in [-0.15, -0.1) is 0 Å². The molecule has 26 heavy (non-hydrogen) atoms. The van der Waals surface area contributed by atoms with Gasteiger partial charge in [-0.1, -0.05) is 20.8 Å². The van der Waals surface area contributed by atoms with E-state index in [2.05, 4.69) is 49.3 Å². The summed E-state index contributed by atoms with van der Waals surface area (Å²) in [7, 11) is 0. The molecule has 3 rings (SSSR count). The first-order valence-corrected chi connectivity index (χ1v) is 11.5. The van der Waals surface area contributed by atoms with Gasteiger partial charge in [0.2, 0.25) is 0 Å². The maximum Gasteiger partial charge on any atom is 0.0113 e. The smallest absolute Gasteiger partial charge is 0.0113 e. The van der Waals surface area contributed by atoms with Crippen molar-refractivity contribution >= 4 is 0 Å². The molecule has 0 aromatic heterocycles. The fraction of sp³-hybridized carbons (Fsp3) is 1.00. The predicted octanol–water partition coefficient (Wildman–Crippen LogP) is 4.33. The molecule has 152 valence electrons. The van der Waals surface area contributed by atoms with E-state index in [1.807, 2.05) is 0 Å². The molecule has 0 spiro atoms. The van der Waals surface area contributed by atoms with Gasteiger partial charge in [0.1, 0.15) is 0 Å². The number of rotatable bonds is 8. The molecule has 0 bridgehead atoms. The summed E-state index contributed by atoms with van der Waals surface area (Å²) in [6, 6.07) is 0.712. The van der Waals surface area contributed by atoms with Crippen LogP contribution in [0.3, 0.4) is 0 Å². The summed E-state index contributed by atoms with van der Waals surface area (Å²) in [6.07, 6.45) is 8.65. The Balaban J connectivity index is 1.36. The fourth-order valence-electron chi connectivity index (χ4n) is 5.38. The molecule has 0 unspecified atom stereocenters. The van der Waals surface area contributed by atoms with E-state index >= 15 is 0 Å². The van der Waals surface area contributed by atoms with Crippen molar-refractivity contribution < 1.29 is 0 Å². The summed E-state index contributed by atoms with van der Waals surface area (Å²) in [4.78, 5) is 8.15. The molecule has 1 aliphatic carbocycles. The lowest BCUT2D eigenvalue weighted by Gasteiger charge is -2.43. The molecule has 3 nitrogen and oxygen atoms in total. The van der Waals surface area contributed by atoms with E-state index in [1.165, 1.54) is 90.9 Å². The third-order valence-corrected chi connectivity index (χ3v) is 7.59. The number of hydrogen-bond donors (Lipinski definition) is 0. The minimum absolute atomic E-state index is 0.584. The number of hydrogen-bond acceptors (Lipinski definition) is 3. The SMILES string of the molecule is CC(C)CC1(CN2CCC(C)(CCN3CCN(C(C)C)CC3)CC2)CC1. The topological polar surface area (TPSA) is 9.72 Å². The van der Waals surface area contributed by atoms with Gasteiger partial charge in [-0.3, -0.25) is 4.90 Å². The average molecular weight is 364 g/mol. The van der Waals surface area contributed by atoms with E-state index in [9.17, 15) is 0 Å². The van der Waals surface area contributed by atoms with Crippen LogP contribution >= 0.6 is 0 Å². The van der Waals surface area contributed by atoms with Crippen LogP contribution in [-0.4, -0.2) is 73.1 Å². The second kappa shape index (κ2) is 8.49. The van der Waals surface area contributed by atoms with Crippen molar-refractivity contribution in [2.24, 2.45) is 16.7 Å². The molecular weight excluding hydrogens is 318 g/mol. The molecule has 0 aromatic rings. The van der Waals surface area contributed by atoms with E-state index in [0.717, 1.165) is 5.92 Å². The van der Waals surface area contributed by atoms with Gasteiger partial charge in [-0.2, -0.15) is 0 Å². The van der Waals surface area contributed by atoms with Gasteiger partial charge in [-0.25, -0.2) is 0 Å². The van der Waals surface area contributed by atoms with Gasteiger partial charge in [0.15, 0.2) is 0 Å². The summed E-state index contributed by atoms with van der Waals surface area (Å²) in [6.45, 7) is 22.5.